The lowest BCUT2D eigenvalue weighted by Gasteiger charge is -2.53. The molecule has 0 bridgehead atoms. The Bertz CT molecular complexity index is 967. The second-order valence-corrected chi connectivity index (χ2v) is 11.7. The number of hydrogen-bond donors (Lipinski definition) is 1. The summed E-state index contributed by atoms with van der Waals surface area (Å²) in [5.74, 6) is 1.81. The predicted molar refractivity (Wildman–Crippen MR) is 129 cm³/mol. The molecule has 188 valence electrons. The summed E-state index contributed by atoms with van der Waals surface area (Å²) in [5, 5.41) is 2.76. The van der Waals surface area contributed by atoms with Crippen molar-refractivity contribution in [3.63, 3.8) is 0 Å². The number of nitrogens with one attached hydrogen (secondary N) is 1. The van der Waals surface area contributed by atoms with Crippen molar-refractivity contribution < 1.29 is 28.0 Å². The topological polar surface area (TPSA) is 94.2 Å². The first kappa shape index (κ1) is 25.0. The third kappa shape index (κ3) is 4.96. The number of ether oxygens (including phenoxy) is 3. The fourth-order valence-electron chi connectivity index (χ4n) is 5.66. The van der Waals surface area contributed by atoms with E-state index in [1.54, 1.807) is 13.4 Å². The van der Waals surface area contributed by atoms with E-state index < -0.39 is 22.4 Å². The maximum absolute atomic E-state index is 13.3. The summed E-state index contributed by atoms with van der Waals surface area (Å²) in [6, 6.07) is 5.28. The zero-order chi connectivity index (χ0) is 24.6. The summed E-state index contributed by atoms with van der Waals surface area (Å²) >= 11 is 0. The van der Waals surface area contributed by atoms with Crippen molar-refractivity contribution in [1.82, 2.24) is 10.2 Å². The molecule has 8 nitrogen and oxygen atoms in total. The first-order valence-corrected chi connectivity index (χ1v) is 13.7. The van der Waals surface area contributed by atoms with Crippen molar-refractivity contribution >= 4 is 22.6 Å². The van der Waals surface area contributed by atoms with Crippen LogP contribution in [0.15, 0.2) is 18.2 Å². The number of methoxy groups -OCH3 is 1. The van der Waals surface area contributed by atoms with Gasteiger partial charge < -0.3 is 24.4 Å². The summed E-state index contributed by atoms with van der Waals surface area (Å²) in [6.45, 7) is 6.75. The number of nitrogens with zero attached hydrogens (tertiary/aromatic N) is 1. The van der Waals surface area contributed by atoms with E-state index in [1.165, 1.54) is 6.92 Å². The highest BCUT2D eigenvalue weighted by Gasteiger charge is 2.52. The second-order valence-electron chi connectivity index (χ2n) is 10.2. The van der Waals surface area contributed by atoms with Gasteiger partial charge in [0.05, 0.1) is 19.3 Å². The van der Waals surface area contributed by atoms with Crippen LogP contribution in [0.3, 0.4) is 0 Å². The fraction of sp³-hybridized carbons (Fsp3) is 0.680. The molecule has 3 heterocycles. The molecule has 3 aliphatic heterocycles. The number of amides is 2. The molecule has 9 heteroatoms. The average Bonchev–Trinajstić information content (AvgIpc) is 2.79. The number of likely N-dealkylation sites (tertiary alicyclic amines) is 1. The Hall–Kier alpha value is -2.13. The first-order valence-electron chi connectivity index (χ1n) is 12.0. The van der Waals surface area contributed by atoms with Crippen molar-refractivity contribution in [3.05, 3.63) is 23.8 Å². The summed E-state index contributed by atoms with van der Waals surface area (Å²) in [5.41, 5.74) is 0.576. The van der Waals surface area contributed by atoms with E-state index in [9.17, 15) is 13.8 Å². The number of carbonyl (C=O) groups excluding carboxylic acids is 2. The molecule has 2 amide bonds. The summed E-state index contributed by atoms with van der Waals surface area (Å²) < 4.78 is 30.3. The monoisotopic (exact) mass is 492 g/mol. The average molecular weight is 493 g/mol. The highest BCUT2D eigenvalue weighted by molar-refractivity contribution is 7.84. The zero-order valence-electron chi connectivity index (χ0n) is 20.7. The molecule has 6 atom stereocenters. The van der Waals surface area contributed by atoms with Crippen LogP contribution in [0, 0.1) is 11.8 Å². The Balaban J connectivity index is 1.51. The number of hydrogen-bond acceptors (Lipinski definition) is 6. The van der Waals surface area contributed by atoms with E-state index in [2.05, 4.69) is 25.2 Å². The smallest absolute Gasteiger partial charge is 0.245 e. The Morgan fingerprint density at radius 1 is 1.35 bits per heavy atom. The molecule has 2 saturated heterocycles. The zero-order valence-corrected chi connectivity index (χ0v) is 21.5. The van der Waals surface area contributed by atoms with Crippen molar-refractivity contribution in [2.24, 2.45) is 11.8 Å². The molecule has 1 aromatic carbocycles. The van der Waals surface area contributed by atoms with Crippen LogP contribution >= 0.6 is 0 Å². The van der Waals surface area contributed by atoms with E-state index in [0.29, 0.717) is 31.0 Å². The highest BCUT2D eigenvalue weighted by Crippen LogP contribution is 2.55. The molecule has 0 aromatic heterocycles. The minimum atomic E-state index is -1.03. The number of rotatable bonds is 6. The van der Waals surface area contributed by atoms with Gasteiger partial charge >= 0.3 is 0 Å². The van der Waals surface area contributed by atoms with Crippen LogP contribution in [-0.4, -0.2) is 70.9 Å². The van der Waals surface area contributed by atoms with Gasteiger partial charge in [-0.1, -0.05) is 12.1 Å². The van der Waals surface area contributed by atoms with Gasteiger partial charge in [-0.15, -0.1) is 0 Å². The van der Waals surface area contributed by atoms with Crippen molar-refractivity contribution in [2.45, 2.75) is 63.9 Å². The van der Waals surface area contributed by atoms with Gasteiger partial charge in [0, 0.05) is 60.2 Å². The Morgan fingerprint density at radius 2 is 2.12 bits per heavy atom. The highest BCUT2D eigenvalue weighted by atomic mass is 32.2. The minimum Gasteiger partial charge on any atom is -0.493 e. The number of carbonyl (C=O) groups is 2. The second kappa shape index (κ2) is 9.85. The van der Waals surface area contributed by atoms with Gasteiger partial charge in [0.1, 0.15) is 11.6 Å². The summed E-state index contributed by atoms with van der Waals surface area (Å²) in [7, 11) is 0.620. The van der Waals surface area contributed by atoms with Crippen LogP contribution in [0.4, 0.5) is 0 Å². The van der Waals surface area contributed by atoms with Crippen molar-refractivity contribution in [3.8, 4) is 11.5 Å². The standard InChI is InChI=1S/C25H36N2O6S/c1-15(28)26-19(10-12-34(5)30)24(29)27-11-9-20-16(14-27)13-18-22(32-20)17-7-6-8-21(31-4)23(17)33-25(18,2)3/h6-8,16,18-20,22H,9-14H2,1-5H3,(H,26,28)/t16-,18+,19+,20+,22-,34?/m1/s1. The van der Waals surface area contributed by atoms with Gasteiger partial charge in [0.25, 0.3) is 0 Å². The van der Waals surface area contributed by atoms with E-state index >= 15 is 0 Å². The van der Waals surface area contributed by atoms with E-state index in [4.69, 9.17) is 14.2 Å². The molecule has 0 aliphatic carbocycles. The Morgan fingerprint density at radius 3 is 2.79 bits per heavy atom. The molecule has 1 unspecified atom stereocenters. The van der Waals surface area contributed by atoms with Crippen molar-refractivity contribution in [1.29, 1.82) is 0 Å². The molecule has 0 spiro atoms. The first-order chi connectivity index (χ1) is 16.1. The molecule has 2 fully saturated rings. The van der Waals surface area contributed by atoms with Gasteiger partial charge in [0.15, 0.2) is 11.5 Å². The normalized spacial score (nSPS) is 28.9. The number of benzene rings is 1. The van der Waals surface area contributed by atoms with Crippen LogP contribution in [0.25, 0.3) is 0 Å². The van der Waals surface area contributed by atoms with Gasteiger partial charge in [-0.25, -0.2) is 0 Å². The molecular formula is C25H36N2O6S. The van der Waals surface area contributed by atoms with Crippen molar-refractivity contribution in [2.75, 3.05) is 32.2 Å². The van der Waals surface area contributed by atoms with E-state index in [0.717, 1.165) is 24.2 Å². The molecule has 0 radical (unpaired) electrons. The van der Waals surface area contributed by atoms with Crippen LogP contribution < -0.4 is 14.8 Å². The van der Waals surface area contributed by atoms with Crippen LogP contribution in [-0.2, 0) is 25.1 Å². The minimum absolute atomic E-state index is 0.0561. The SMILES string of the molecule is COc1cccc2c1OC(C)(C)[C@H]1C[C@@H]3CN(C(=O)[C@H](CCS(C)=O)NC(C)=O)CC[C@@H]3O[C@H]21. The van der Waals surface area contributed by atoms with Gasteiger partial charge in [-0.3, -0.25) is 13.8 Å². The summed E-state index contributed by atoms with van der Waals surface area (Å²) in [4.78, 5) is 26.8. The lowest BCUT2D eigenvalue weighted by atomic mass is 9.70. The molecular weight excluding hydrogens is 456 g/mol. The molecule has 34 heavy (non-hydrogen) atoms. The number of fused-ring (bicyclic) bond motifs is 4. The number of para-hydroxylation sites is 1. The molecule has 0 saturated carbocycles. The largest absolute Gasteiger partial charge is 0.493 e. The predicted octanol–water partition coefficient (Wildman–Crippen LogP) is 2.43. The van der Waals surface area contributed by atoms with Gasteiger partial charge in [-0.05, 0) is 39.2 Å². The van der Waals surface area contributed by atoms with Gasteiger partial charge in [-0.2, -0.15) is 0 Å². The maximum atomic E-state index is 13.3. The molecule has 1 N–H and O–H groups in total. The van der Waals surface area contributed by atoms with Crippen LogP contribution in [0.2, 0.25) is 0 Å². The lowest BCUT2D eigenvalue weighted by Crippen LogP contribution is -2.58. The quantitative estimate of drug-likeness (QED) is 0.656. The molecule has 4 rings (SSSR count). The van der Waals surface area contributed by atoms with Crippen LogP contribution in [0.5, 0.6) is 11.5 Å². The number of piperidine rings is 1. The van der Waals surface area contributed by atoms with Gasteiger partial charge in [0.2, 0.25) is 11.8 Å². The Kier molecular flexibility index (Phi) is 7.24. The molecule has 3 aliphatic rings. The van der Waals surface area contributed by atoms with E-state index in [-0.39, 0.29) is 35.9 Å². The van der Waals surface area contributed by atoms with E-state index in [1.807, 2.05) is 17.0 Å². The maximum Gasteiger partial charge on any atom is 0.245 e. The fourth-order valence-corrected chi connectivity index (χ4v) is 6.23. The van der Waals surface area contributed by atoms with Crippen LogP contribution in [0.1, 0.15) is 51.7 Å². The molecule has 1 aromatic rings. The third-order valence-corrected chi connectivity index (χ3v) is 8.19. The third-order valence-electron chi connectivity index (χ3n) is 7.38. The summed E-state index contributed by atoms with van der Waals surface area (Å²) in [6.07, 6.45) is 3.58. The Labute approximate surface area is 204 Å². The lowest BCUT2D eigenvalue weighted by molar-refractivity contribution is -0.189.